The molecule has 3 fully saturated rings. The number of rotatable bonds is 5. The molecule has 0 unspecified atom stereocenters. The molecule has 3 saturated carbocycles. The fraction of sp³-hybridized carbons (Fsp3) is 0.533. The maximum Gasteiger partial charge on any atom is 0.338 e. The predicted molar refractivity (Wildman–Crippen MR) is 134 cm³/mol. The van der Waals surface area contributed by atoms with Gasteiger partial charge >= 0.3 is 11.9 Å². The number of hydrogen-bond donors (Lipinski definition) is 0. The molecule has 0 heterocycles. The highest BCUT2D eigenvalue weighted by Crippen LogP contribution is 2.61. The first-order valence-electron chi connectivity index (χ1n) is 12.5. The number of ether oxygens (including phenoxy) is 2. The van der Waals surface area contributed by atoms with Crippen molar-refractivity contribution in [2.24, 2.45) is 16.7 Å². The number of aryl methyl sites for hydroxylation is 4. The van der Waals surface area contributed by atoms with Crippen molar-refractivity contribution in [2.45, 2.75) is 86.4 Å². The number of carbonyl (C=O) groups excluding carboxylic acids is 2. The van der Waals surface area contributed by atoms with E-state index in [0.717, 1.165) is 47.9 Å². The van der Waals surface area contributed by atoms with E-state index in [1.807, 2.05) is 64.1 Å². The van der Waals surface area contributed by atoms with Crippen LogP contribution in [0.25, 0.3) is 0 Å². The maximum absolute atomic E-state index is 13.3. The lowest BCUT2D eigenvalue weighted by atomic mass is 9.48. The maximum atomic E-state index is 13.3. The van der Waals surface area contributed by atoms with Crippen LogP contribution in [-0.2, 0) is 9.47 Å². The summed E-state index contributed by atoms with van der Waals surface area (Å²) in [5.74, 6) is -0.373. The third-order valence-corrected chi connectivity index (χ3v) is 8.95. The molecule has 3 aliphatic rings. The van der Waals surface area contributed by atoms with E-state index in [-0.39, 0.29) is 22.8 Å². The Hall–Kier alpha value is -2.62. The van der Waals surface area contributed by atoms with Crippen LogP contribution >= 0.6 is 0 Å². The standard InChI is InChI=1S/C30H38O4/c1-18(2)30-14-12-29(7,13-15-30)25(33-27(31)23-10-8-19(3)21(5)16-23)26(30)34-28(32)24-11-9-20(4)22(6)17-24/h8-11,16-18,25-26H,12-15H2,1-7H3/t25-,26+,29?,30?/m1/s1. The fourth-order valence-electron chi connectivity index (χ4n) is 5.92. The zero-order chi connectivity index (χ0) is 24.8. The van der Waals surface area contributed by atoms with Crippen molar-refractivity contribution in [1.82, 2.24) is 0 Å². The topological polar surface area (TPSA) is 52.6 Å². The van der Waals surface area contributed by atoms with Crippen molar-refractivity contribution in [3.63, 3.8) is 0 Å². The minimum absolute atomic E-state index is 0.193. The average molecular weight is 463 g/mol. The summed E-state index contributed by atoms with van der Waals surface area (Å²) in [6, 6.07) is 11.3. The first-order chi connectivity index (χ1) is 16.0. The van der Waals surface area contributed by atoms with Gasteiger partial charge in [0.2, 0.25) is 0 Å². The highest BCUT2D eigenvalue weighted by atomic mass is 16.6. The molecule has 4 nitrogen and oxygen atoms in total. The van der Waals surface area contributed by atoms with Crippen LogP contribution in [-0.4, -0.2) is 24.1 Å². The van der Waals surface area contributed by atoms with Crippen molar-refractivity contribution in [3.05, 3.63) is 69.8 Å². The summed E-state index contributed by atoms with van der Waals surface area (Å²) in [4.78, 5) is 26.6. The molecule has 4 heteroatoms. The van der Waals surface area contributed by atoms with E-state index in [1.54, 1.807) is 0 Å². The zero-order valence-corrected chi connectivity index (χ0v) is 21.7. The third kappa shape index (κ3) is 4.16. The molecule has 0 spiro atoms. The molecule has 2 aromatic rings. The van der Waals surface area contributed by atoms with Gasteiger partial charge in [-0.15, -0.1) is 0 Å². The number of benzene rings is 2. The van der Waals surface area contributed by atoms with E-state index in [1.165, 1.54) is 0 Å². The molecule has 34 heavy (non-hydrogen) atoms. The van der Waals surface area contributed by atoms with Crippen molar-refractivity contribution in [2.75, 3.05) is 0 Å². The summed E-state index contributed by atoms with van der Waals surface area (Å²) in [7, 11) is 0. The Morgan fingerprint density at radius 2 is 1.18 bits per heavy atom. The monoisotopic (exact) mass is 462 g/mol. The molecule has 2 aromatic carbocycles. The van der Waals surface area contributed by atoms with Crippen LogP contribution in [0.3, 0.4) is 0 Å². The molecule has 0 aliphatic heterocycles. The Kier molecular flexibility index (Phi) is 6.39. The third-order valence-electron chi connectivity index (χ3n) is 8.95. The van der Waals surface area contributed by atoms with Gasteiger partial charge in [0.1, 0.15) is 12.2 Å². The summed E-state index contributed by atoms with van der Waals surface area (Å²) < 4.78 is 12.6. The molecule has 3 aliphatic carbocycles. The second-order valence-electron chi connectivity index (χ2n) is 11.3. The molecular weight excluding hydrogens is 424 g/mol. The second kappa shape index (κ2) is 8.87. The first-order valence-corrected chi connectivity index (χ1v) is 12.5. The van der Waals surface area contributed by atoms with Crippen LogP contribution in [0, 0.1) is 44.4 Å². The molecule has 5 rings (SSSR count). The molecule has 0 saturated heterocycles. The number of hydrogen-bond acceptors (Lipinski definition) is 4. The van der Waals surface area contributed by atoms with E-state index >= 15 is 0 Å². The van der Waals surface area contributed by atoms with Gasteiger partial charge in [-0.25, -0.2) is 9.59 Å². The number of esters is 2. The van der Waals surface area contributed by atoms with Gasteiger partial charge in [-0.3, -0.25) is 0 Å². The van der Waals surface area contributed by atoms with Crippen LogP contribution in [0.5, 0.6) is 0 Å². The van der Waals surface area contributed by atoms with Crippen molar-refractivity contribution in [3.8, 4) is 0 Å². The molecule has 2 atom stereocenters. The first kappa shape index (κ1) is 24.5. The summed E-state index contributed by atoms with van der Waals surface area (Å²) in [5, 5.41) is 0. The summed E-state index contributed by atoms with van der Waals surface area (Å²) >= 11 is 0. The van der Waals surface area contributed by atoms with E-state index < -0.39 is 12.2 Å². The van der Waals surface area contributed by atoms with E-state index in [9.17, 15) is 9.59 Å². The van der Waals surface area contributed by atoms with E-state index in [2.05, 4.69) is 20.8 Å². The minimum Gasteiger partial charge on any atom is -0.454 e. The van der Waals surface area contributed by atoms with Gasteiger partial charge in [-0.1, -0.05) is 32.9 Å². The van der Waals surface area contributed by atoms with Gasteiger partial charge in [0.15, 0.2) is 0 Å². The second-order valence-corrected chi connectivity index (χ2v) is 11.3. The van der Waals surface area contributed by atoms with Crippen LogP contribution < -0.4 is 0 Å². The summed E-state index contributed by atoms with van der Waals surface area (Å²) in [6.45, 7) is 14.6. The van der Waals surface area contributed by atoms with Crippen LogP contribution in [0.1, 0.15) is 89.4 Å². The normalized spacial score (nSPS) is 28.1. The lowest BCUT2D eigenvalue weighted by Crippen LogP contribution is -2.64. The average Bonchev–Trinajstić information content (AvgIpc) is 2.79. The predicted octanol–water partition coefficient (Wildman–Crippen LogP) is 6.91. The SMILES string of the molecule is Cc1ccc(C(=O)O[C@@H]2[C@H](OC(=O)c3ccc(C)c(C)c3)C3(C(C)C)CCC2(C)CC3)cc1C. The van der Waals surface area contributed by atoms with Gasteiger partial charge < -0.3 is 9.47 Å². The Bertz CT molecular complexity index is 1100. The fourth-order valence-corrected chi connectivity index (χ4v) is 5.92. The van der Waals surface area contributed by atoms with Crippen LogP contribution in [0.2, 0.25) is 0 Å². The summed E-state index contributed by atoms with van der Waals surface area (Å²) in [5.41, 5.74) is 5.09. The summed E-state index contributed by atoms with van der Waals surface area (Å²) in [6.07, 6.45) is 2.95. The molecular formula is C30H38O4. The van der Waals surface area contributed by atoms with Crippen LogP contribution in [0.4, 0.5) is 0 Å². The Morgan fingerprint density at radius 3 is 1.59 bits per heavy atom. The lowest BCUT2D eigenvalue weighted by molar-refractivity contribution is -0.210. The largest absolute Gasteiger partial charge is 0.454 e. The highest BCUT2D eigenvalue weighted by Gasteiger charge is 2.63. The molecule has 0 radical (unpaired) electrons. The van der Waals surface area contributed by atoms with Gasteiger partial charge in [-0.2, -0.15) is 0 Å². The molecule has 182 valence electrons. The smallest absolute Gasteiger partial charge is 0.338 e. The molecule has 0 N–H and O–H groups in total. The highest BCUT2D eigenvalue weighted by molar-refractivity contribution is 5.91. The lowest BCUT2D eigenvalue weighted by Gasteiger charge is -2.61. The molecule has 0 aromatic heterocycles. The van der Waals surface area contributed by atoms with Crippen molar-refractivity contribution < 1.29 is 19.1 Å². The van der Waals surface area contributed by atoms with Gasteiger partial charge in [0.25, 0.3) is 0 Å². The molecule has 0 amide bonds. The van der Waals surface area contributed by atoms with E-state index in [0.29, 0.717) is 17.0 Å². The van der Waals surface area contributed by atoms with Gasteiger partial charge in [-0.05, 0) is 106 Å². The number of carbonyl (C=O) groups is 2. The zero-order valence-electron chi connectivity index (χ0n) is 21.7. The van der Waals surface area contributed by atoms with Gasteiger partial charge in [0.05, 0.1) is 11.1 Å². The Morgan fingerprint density at radius 1 is 0.735 bits per heavy atom. The van der Waals surface area contributed by atoms with Crippen molar-refractivity contribution >= 4 is 11.9 Å². The quantitative estimate of drug-likeness (QED) is 0.453. The number of fused-ring (bicyclic) bond motifs is 3. The van der Waals surface area contributed by atoms with E-state index in [4.69, 9.17) is 9.47 Å². The Balaban J connectivity index is 1.68. The van der Waals surface area contributed by atoms with Crippen molar-refractivity contribution in [1.29, 1.82) is 0 Å². The minimum atomic E-state index is -0.470. The van der Waals surface area contributed by atoms with Gasteiger partial charge in [0, 0.05) is 10.8 Å². The van der Waals surface area contributed by atoms with Crippen LogP contribution in [0.15, 0.2) is 36.4 Å². The Labute approximate surface area is 204 Å². The molecule has 2 bridgehead atoms.